The van der Waals surface area contributed by atoms with Crippen molar-refractivity contribution in [1.82, 2.24) is 14.4 Å². The van der Waals surface area contributed by atoms with Gasteiger partial charge in [0.25, 0.3) is 5.78 Å². The van der Waals surface area contributed by atoms with Crippen LogP contribution in [0.5, 0.6) is 11.5 Å². The first-order chi connectivity index (χ1) is 20.4. The molecule has 0 bridgehead atoms. The third kappa shape index (κ3) is 4.77. The molecule has 42 heavy (non-hydrogen) atoms. The highest BCUT2D eigenvalue weighted by molar-refractivity contribution is 7.22. The molecule has 1 unspecified atom stereocenters. The van der Waals surface area contributed by atoms with E-state index in [9.17, 15) is 14.7 Å². The van der Waals surface area contributed by atoms with Crippen LogP contribution in [-0.2, 0) is 9.59 Å². The third-order valence-corrected chi connectivity index (χ3v) is 8.20. The molecule has 0 aliphatic carbocycles. The largest absolute Gasteiger partial charge is 0.505 e. The van der Waals surface area contributed by atoms with Crippen molar-refractivity contribution >= 4 is 49.8 Å². The molecule has 2 aromatic carbocycles. The number of carbonyl (C=O) groups is 2. The average Bonchev–Trinajstić information content (AvgIpc) is 3.63. The number of nitrogens with zero attached hydrogens (tertiary/aromatic N) is 4. The smallest absolute Gasteiger partial charge is 0.301 e. The van der Waals surface area contributed by atoms with Crippen molar-refractivity contribution in [3.8, 4) is 11.5 Å². The van der Waals surface area contributed by atoms with E-state index < -0.39 is 17.7 Å². The molecule has 6 rings (SSSR count). The molecule has 3 aromatic heterocycles. The lowest BCUT2D eigenvalue weighted by Crippen LogP contribution is -2.29. The Bertz CT molecular complexity index is 1860. The van der Waals surface area contributed by atoms with Gasteiger partial charge in [0.05, 0.1) is 40.7 Å². The van der Waals surface area contributed by atoms with Crippen LogP contribution < -0.4 is 14.4 Å². The predicted octanol–water partition coefficient (Wildman–Crippen LogP) is 6.46. The Morgan fingerprint density at radius 3 is 2.64 bits per heavy atom. The first kappa shape index (κ1) is 27.5. The second-order valence-corrected chi connectivity index (χ2v) is 11.0. The number of carbonyl (C=O) groups excluding carboxylic acids is 2. The van der Waals surface area contributed by atoms with Crippen molar-refractivity contribution in [2.45, 2.75) is 39.7 Å². The molecular weight excluding hydrogens is 552 g/mol. The van der Waals surface area contributed by atoms with Crippen molar-refractivity contribution in [1.29, 1.82) is 0 Å². The van der Waals surface area contributed by atoms with Crippen LogP contribution >= 0.6 is 11.3 Å². The van der Waals surface area contributed by atoms with Gasteiger partial charge in [0.2, 0.25) is 0 Å². The molecule has 214 valence electrons. The van der Waals surface area contributed by atoms with Crippen LogP contribution in [0.25, 0.3) is 21.6 Å². The number of imidazole rings is 1. The molecule has 1 saturated heterocycles. The summed E-state index contributed by atoms with van der Waals surface area (Å²) in [5.41, 5.74) is 2.76. The number of fused-ring (bicyclic) bond motifs is 2. The summed E-state index contributed by atoms with van der Waals surface area (Å²) in [6, 6.07) is 17.4. The number of benzene rings is 2. The first-order valence-electron chi connectivity index (χ1n) is 13.9. The van der Waals surface area contributed by atoms with Gasteiger partial charge in [-0.25, -0.2) is 9.97 Å². The minimum atomic E-state index is -0.944. The van der Waals surface area contributed by atoms with Gasteiger partial charge < -0.3 is 14.6 Å². The predicted molar refractivity (Wildman–Crippen MR) is 162 cm³/mol. The molecule has 1 aliphatic rings. The van der Waals surface area contributed by atoms with Gasteiger partial charge >= 0.3 is 5.91 Å². The number of hydrogen-bond donors (Lipinski definition) is 1. The summed E-state index contributed by atoms with van der Waals surface area (Å²) < 4.78 is 14.1. The highest BCUT2D eigenvalue weighted by Crippen LogP contribution is 2.45. The van der Waals surface area contributed by atoms with Crippen LogP contribution in [0.3, 0.4) is 0 Å². The van der Waals surface area contributed by atoms with Gasteiger partial charge in [-0.2, -0.15) is 0 Å². The fourth-order valence-electron chi connectivity index (χ4n) is 5.23. The van der Waals surface area contributed by atoms with Gasteiger partial charge in [0.15, 0.2) is 10.9 Å². The van der Waals surface area contributed by atoms with Gasteiger partial charge in [-0.3, -0.25) is 18.9 Å². The SMILES string of the molecule is CCCCOc1cccc(C2/C(=C(\O)c3c(C)nc4ccccn34)C(=O)C(=O)N2c2nc3ccc(OCC)cc3s2)c1. The van der Waals surface area contributed by atoms with Crippen molar-refractivity contribution < 1.29 is 24.2 Å². The number of aliphatic hydroxyl groups is 1. The number of ketones is 1. The number of rotatable bonds is 9. The minimum absolute atomic E-state index is 0.0336. The summed E-state index contributed by atoms with van der Waals surface area (Å²) in [6.45, 7) is 6.82. The fourth-order valence-corrected chi connectivity index (χ4v) is 6.25. The maximum absolute atomic E-state index is 13.8. The van der Waals surface area contributed by atoms with Crippen LogP contribution in [-0.4, -0.2) is 44.4 Å². The van der Waals surface area contributed by atoms with Crippen LogP contribution in [0.4, 0.5) is 5.13 Å². The molecule has 1 amide bonds. The second kappa shape index (κ2) is 11.3. The summed E-state index contributed by atoms with van der Waals surface area (Å²) in [5, 5.41) is 12.1. The van der Waals surface area contributed by atoms with Crippen LogP contribution in [0.1, 0.15) is 49.7 Å². The molecule has 10 heteroatoms. The maximum atomic E-state index is 13.8. The average molecular weight is 583 g/mol. The fraction of sp³-hybridized carbons (Fsp3) is 0.250. The molecule has 1 fully saturated rings. The van der Waals surface area contributed by atoms with Gasteiger partial charge in [-0.15, -0.1) is 0 Å². The molecule has 0 spiro atoms. The van der Waals surface area contributed by atoms with Gasteiger partial charge in [0.1, 0.15) is 22.8 Å². The number of aryl methyl sites for hydroxylation is 1. The number of unbranched alkanes of at least 4 members (excludes halogenated alkanes) is 1. The molecule has 5 aromatic rings. The summed E-state index contributed by atoms with van der Waals surface area (Å²) >= 11 is 1.29. The zero-order valence-corrected chi connectivity index (χ0v) is 24.4. The Morgan fingerprint density at radius 2 is 1.83 bits per heavy atom. The lowest BCUT2D eigenvalue weighted by atomic mass is 9.96. The Kier molecular flexibility index (Phi) is 7.38. The zero-order valence-electron chi connectivity index (χ0n) is 23.5. The van der Waals surface area contributed by atoms with Crippen LogP contribution in [0.2, 0.25) is 0 Å². The van der Waals surface area contributed by atoms with E-state index in [1.165, 1.54) is 16.2 Å². The van der Waals surface area contributed by atoms with Crippen molar-refractivity contribution in [2.75, 3.05) is 18.1 Å². The van der Waals surface area contributed by atoms with E-state index in [1.807, 2.05) is 67.6 Å². The Morgan fingerprint density at radius 1 is 1.00 bits per heavy atom. The number of ether oxygens (including phenoxy) is 2. The Hall–Kier alpha value is -4.70. The normalized spacial score (nSPS) is 16.5. The van der Waals surface area contributed by atoms with Gasteiger partial charge in [0, 0.05) is 6.20 Å². The Labute approximate surface area is 246 Å². The van der Waals surface area contributed by atoms with E-state index in [0.717, 1.165) is 17.5 Å². The van der Waals surface area contributed by atoms with Crippen LogP contribution in [0.15, 0.2) is 72.4 Å². The van der Waals surface area contributed by atoms with E-state index in [0.29, 0.717) is 58.0 Å². The molecule has 1 N–H and O–H groups in total. The molecule has 9 nitrogen and oxygen atoms in total. The molecule has 1 aliphatic heterocycles. The van der Waals surface area contributed by atoms with Gasteiger partial charge in [-0.05, 0) is 68.3 Å². The standard InChI is InChI=1S/C32H30N4O5S/c1-4-6-16-41-21-11-9-10-20(17-21)28-26(29(37)27-19(3)33-25-12-7-8-15-35(25)27)30(38)31(39)36(28)32-34-23-14-13-22(40-5-2)18-24(23)42-32/h7-15,17-18,28,37H,4-6,16H2,1-3H3/b29-26+. The summed E-state index contributed by atoms with van der Waals surface area (Å²) in [5.74, 6) is -0.556. The van der Waals surface area contributed by atoms with Crippen molar-refractivity contribution in [3.63, 3.8) is 0 Å². The monoisotopic (exact) mass is 582 g/mol. The number of hydrogen-bond acceptors (Lipinski definition) is 8. The minimum Gasteiger partial charge on any atom is -0.505 e. The number of pyridine rings is 1. The lowest BCUT2D eigenvalue weighted by molar-refractivity contribution is -0.132. The molecule has 0 radical (unpaired) electrons. The van der Waals surface area contributed by atoms with E-state index in [1.54, 1.807) is 17.5 Å². The molecule has 4 heterocycles. The number of Topliss-reactive ketones (excluding diaryl/α,β-unsaturated/α-hetero) is 1. The second-order valence-electron chi connectivity index (χ2n) is 9.98. The highest BCUT2D eigenvalue weighted by atomic mass is 32.1. The quantitative estimate of drug-likeness (QED) is 0.0921. The maximum Gasteiger partial charge on any atom is 0.301 e. The summed E-state index contributed by atoms with van der Waals surface area (Å²) in [7, 11) is 0. The lowest BCUT2D eigenvalue weighted by Gasteiger charge is -2.23. The molecule has 0 saturated carbocycles. The zero-order chi connectivity index (χ0) is 29.4. The summed E-state index contributed by atoms with van der Waals surface area (Å²) in [4.78, 5) is 38.2. The van der Waals surface area contributed by atoms with E-state index in [4.69, 9.17) is 14.5 Å². The number of thiazole rings is 1. The van der Waals surface area contributed by atoms with Crippen LogP contribution in [0, 0.1) is 6.92 Å². The van der Waals surface area contributed by atoms with Crippen molar-refractivity contribution in [2.24, 2.45) is 0 Å². The molecular formula is C32H30N4O5S. The number of aliphatic hydroxyl groups excluding tert-OH is 1. The number of aromatic nitrogens is 3. The highest BCUT2D eigenvalue weighted by Gasteiger charge is 2.48. The third-order valence-electron chi connectivity index (χ3n) is 7.18. The molecule has 1 atom stereocenters. The van der Waals surface area contributed by atoms with E-state index in [-0.39, 0.29) is 11.3 Å². The van der Waals surface area contributed by atoms with Gasteiger partial charge in [-0.1, -0.05) is 42.9 Å². The van der Waals surface area contributed by atoms with E-state index in [2.05, 4.69) is 11.9 Å². The number of anilines is 1. The topological polar surface area (TPSA) is 106 Å². The number of amides is 1. The van der Waals surface area contributed by atoms with E-state index >= 15 is 0 Å². The summed E-state index contributed by atoms with van der Waals surface area (Å²) in [6.07, 6.45) is 3.65. The van der Waals surface area contributed by atoms with Crippen molar-refractivity contribution in [3.05, 3.63) is 89.4 Å². The first-order valence-corrected chi connectivity index (χ1v) is 14.7. The Balaban J connectivity index is 1.54.